The van der Waals surface area contributed by atoms with Crippen LogP contribution in [0.5, 0.6) is 0 Å². The summed E-state index contributed by atoms with van der Waals surface area (Å²) in [6.07, 6.45) is 11.4. The van der Waals surface area contributed by atoms with Crippen LogP contribution in [0.4, 0.5) is 0 Å². The van der Waals surface area contributed by atoms with Crippen molar-refractivity contribution in [3.63, 3.8) is 0 Å². The summed E-state index contributed by atoms with van der Waals surface area (Å²) in [5, 5.41) is 9.38. The van der Waals surface area contributed by atoms with Crippen LogP contribution in [0.3, 0.4) is 0 Å². The molecule has 0 bridgehead atoms. The molecular formula is C28H25ClN4. The van der Waals surface area contributed by atoms with E-state index in [2.05, 4.69) is 76.9 Å². The normalized spacial score (nSPS) is 11.1. The van der Waals surface area contributed by atoms with Crippen LogP contribution in [0.2, 0.25) is 5.02 Å². The van der Waals surface area contributed by atoms with E-state index in [-0.39, 0.29) is 0 Å². The van der Waals surface area contributed by atoms with Gasteiger partial charge in [0.2, 0.25) is 0 Å². The Balaban J connectivity index is 1.19. The maximum atomic E-state index is 6.45. The van der Waals surface area contributed by atoms with Crippen LogP contribution in [-0.4, -0.2) is 19.6 Å². The summed E-state index contributed by atoms with van der Waals surface area (Å²) in [6, 6.07) is 27.5. The van der Waals surface area contributed by atoms with Crippen molar-refractivity contribution in [2.45, 2.75) is 25.7 Å². The molecule has 33 heavy (non-hydrogen) atoms. The molecule has 0 amide bonds. The second-order valence-electron chi connectivity index (χ2n) is 8.20. The van der Waals surface area contributed by atoms with Crippen LogP contribution in [0.25, 0.3) is 11.4 Å². The highest BCUT2D eigenvalue weighted by atomic mass is 35.5. The van der Waals surface area contributed by atoms with Crippen molar-refractivity contribution in [1.29, 1.82) is 0 Å². The third kappa shape index (κ3) is 5.41. The third-order valence-corrected chi connectivity index (χ3v) is 6.05. The average Bonchev–Trinajstić information content (AvgIpc) is 3.57. The molecule has 5 heteroatoms. The van der Waals surface area contributed by atoms with Crippen LogP contribution < -0.4 is 0 Å². The van der Waals surface area contributed by atoms with Gasteiger partial charge in [0.15, 0.2) is 0 Å². The molecule has 0 unspecified atom stereocenters. The van der Waals surface area contributed by atoms with Gasteiger partial charge < -0.3 is 0 Å². The summed E-state index contributed by atoms with van der Waals surface area (Å²) in [5.74, 6) is 0. The van der Waals surface area contributed by atoms with E-state index in [0.717, 1.165) is 42.1 Å². The number of halogens is 1. The Morgan fingerprint density at radius 2 is 0.970 bits per heavy atom. The number of aryl methyl sites for hydroxylation is 4. The Labute approximate surface area is 199 Å². The molecule has 0 aliphatic heterocycles. The molecule has 3 aromatic carbocycles. The van der Waals surface area contributed by atoms with Gasteiger partial charge in [0.05, 0.1) is 11.4 Å². The SMILES string of the molecule is Clc1cc(CCc2ccc(-n3cccn3)cc2)cc(CCc2ccc(-n3cccn3)cc2)c1. The molecule has 0 aliphatic carbocycles. The van der Waals surface area contributed by atoms with Crippen molar-refractivity contribution in [3.05, 3.63) is 131 Å². The van der Waals surface area contributed by atoms with Gasteiger partial charge in [0.1, 0.15) is 0 Å². The number of aromatic nitrogens is 4. The lowest BCUT2D eigenvalue weighted by molar-refractivity contribution is 0.875. The molecule has 0 radical (unpaired) electrons. The van der Waals surface area contributed by atoms with Crippen LogP contribution >= 0.6 is 11.6 Å². The summed E-state index contributed by atoms with van der Waals surface area (Å²) in [4.78, 5) is 0. The highest BCUT2D eigenvalue weighted by Gasteiger charge is 2.04. The van der Waals surface area contributed by atoms with Crippen molar-refractivity contribution in [3.8, 4) is 11.4 Å². The predicted octanol–water partition coefficient (Wildman–Crippen LogP) is 6.28. The van der Waals surface area contributed by atoms with Crippen LogP contribution in [0.15, 0.2) is 104 Å². The first-order chi connectivity index (χ1) is 16.2. The van der Waals surface area contributed by atoms with Gasteiger partial charge in [-0.05, 0) is 96.5 Å². The van der Waals surface area contributed by atoms with Crippen molar-refractivity contribution in [1.82, 2.24) is 19.6 Å². The van der Waals surface area contributed by atoms with E-state index < -0.39 is 0 Å². The highest BCUT2D eigenvalue weighted by molar-refractivity contribution is 6.30. The average molecular weight is 453 g/mol. The Morgan fingerprint density at radius 3 is 1.36 bits per heavy atom. The second-order valence-corrected chi connectivity index (χ2v) is 8.64. The largest absolute Gasteiger partial charge is 0.241 e. The Bertz CT molecular complexity index is 1190. The van der Waals surface area contributed by atoms with E-state index >= 15 is 0 Å². The first kappa shape index (κ1) is 21.2. The smallest absolute Gasteiger partial charge is 0.0645 e. The zero-order chi connectivity index (χ0) is 22.5. The van der Waals surface area contributed by atoms with Gasteiger partial charge in [-0.25, -0.2) is 9.36 Å². The summed E-state index contributed by atoms with van der Waals surface area (Å²) >= 11 is 6.45. The van der Waals surface area contributed by atoms with Gasteiger partial charge in [-0.1, -0.05) is 41.9 Å². The summed E-state index contributed by atoms with van der Waals surface area (Å²) < 4.78 is 3.75. The highest BCUT2D eigenvalue weighted by Crippen LogP contribution is 2.20. The molecule has 0 saturated carbocycles. The lowest BCUT2D eigenvalue weighted by atomic mass is 9.99. The lowest BCUT2D eigenvalue weighted by Gasteiger charge is -2.09. The van der Waals surface area contributed by atoms with Gasteiger partial charge in [-0.3, -0.25) is 0 Å². The molecule has 5 aromatic rings. The topological polar surface area (TPSA) is 35.6 Å². The third-order valence-electron chi connectivity index (χ3n) is 5.83. The number of benzene rings is 3. The van der Waals surface area contributed by atoms with E-state index in [4.69, 9.17) is 11.6 Å². The molecular weight excluding hydrogens is 428 g/mol. The van der Waals surface area contributed by atoms with E-state index in [1.807, 2.05) is 33.9 Å². The Hall–Kier alpha value is -3.63. The van der Waals surface area contributed by atoms with Gasteiger partial charge in [0, 0.05) is 29.8 Å². The Kier molecular flexibility index (Phi) is 6.36. The lowest BCUT2D eigenvalue weighted by Crippen LogP contribution is -1.98. The minimum Gasteiger partial charge on any atom is -0.241 e. The molecule has 0 aliphatic rings. The number of hydrogen-bond acceptors (Lipinski definition) is 2. The molecule has 164 valence electrons. The van der Waals surface area contributed by atoms with E-state index in [9.17, 15) is 0 Å². The molecule has 0 saturated heterocycles. The van der Waals surface area contributed by atoms with Gasteiger partial charge >= 0.3 is 0 Å². The van der Waals surface area contributed by atoms with Crippen molar-refractivity contribution in [2.75, 3.05) is 0 Å². The van der Waals surface area contributed by atoms with Crippen LogP contribution in [0.1, 0.15) is 22.3 Å². The summed E-state index contributed by atoms with van der Waals surface area (Å²) in [6.45, 7) is 0. The minimum absolute atomic E-state index is 0.811. The fraction of sp³-hybridized carbons (Fsp3) is 0.143. The Morgan fingerprint density at radius 1 is 0.545 bits per heavy atom. The van der Waals surface area contributed by atoms with E-state index in [1.165, 1.54) is 22.3 Å². The predicted molar refractivity (Wildman–Crippen MR) is 133 cm³/mol. The zero-order valence-corrected chi connectivity index (χ0v) is 19.1. The minimum atomic E-state index is 0.811. The van der Waals surface area contributed by atoms with Crippen molar-refractivity contribution < 1.29 is 0 Å². The van der Waals surface area contributed by atoms with Crippen molar-refractivity contribution >= 4 is 11.6 Å². The monoisotopic (exact) mass is 452 g/mol. The van der Waals surface area contributed by atoms with Crippen LogP contribution in [0, 0.1) is 0 Å². The zero-order valence-electron chi connectivity index (χ0n) is 18.3. The molecule has 4 nitrogen and oxygen atoms in total. The van der Waals surface area contributed by atoms with E-state index in [0.29, 0.717) is 0 Å². The number of rotatable bonds is 8. The summed E-state index contributed by atoms with van der Waals surface area (Å²) in [7, 11) is 0. The first-order valence-electron chi connectivity index (χ1n) is 11.2. The van der Waals surface area contributed by atoms with E-state index in [1.54, 1.807) is 12.4 Å². The summed E-state index contributed by atoms with van der Waals surface area (Å²) in [5.41, 5.74) is 7.33. The molecule has 2 heterocycles. The molecule has 5 rings (SSSR count). The van der Waals surface area contributed by atoms with Gasteiger partial charge in [0.25, 0.3) is 0 Å². The maximum Gasteiger partial charge on any atom is 0.0645 e. The van der Waals surface area contributed by atoms with Crippen molar-refractivity contribution in [2.24, 2.45) is 0 Å². The maximum absolute atomic E-state index is 6.45. The molecule has 2 aromatic heterocycles. The molecule has 0 spiro atoms. The fourth-order valence-electron chi connectivity index (χ4n) is 4.06. The molecule has 0 fully saturated rings. The second kappa shape index (κ2) is 9.88. The fourth-order valence-corrected chi connectivity index (χ4v) is 4.34. The number of hydrogen-bond donors (Lipinski definition) is 0. The molecule has 0 N–H and O–H groups in total. The van der Waals surface area contributed by atoms with Gasteiger partial charge in [-0.2, -0.15) is 10.2 Å². The standard InChI is InChI=1S/C28H25ClN4/c29-26-20-24(5-3-22-7-11-27(12-8-22)32-17-1-15-30-32)19-25(21-26)6-4-23-9-13-28(14-10-23)33-18-2-16-31-33/h1-2,7-21H,3-6H2. The number of nitrogens with zero attached hydrogens (tertiary/aromatic N) is 4. The quantitative estimate of drug-likeness (QED) is 0.277. The first-order valence-corrected chi connectivity index (χ1v) is 11.6. The van der Waals surface area contributed by atoms with Gasteiger partial charge in [-0.15, -0.1) is 0 Å². The molecule has 0 atom stereocenters. The van der Waals surface area contributed by atoms with Crippen LogP contribution in [-0.2, 0) is 25.7 Å².